The van der Waals surface area contributed by atoms with Crippen molar-refractivity contribution in [2.24, 2.45) is 11.7 Å². The Hall–Kier alpha value is -0.950. The quantitative estimate of drug-likeness (QED) is 0.545. The van der Waals surface area contributed by atoms with Crippen LogP contribution in [0.5, 0.6) is 0 Å². The van der Waals surface area contributed by atoms with E-state index in [9.17, 15) is 5.11 Å². The lowest BCUT2D eigenvalue weighted by molar-refractivity contribution is 0.186. The van der Waals surface area contributed by atoms with Crippen molar-refractivity contribution in [3.8, 4) is 0 Å². The zero-order valence-corrected chi connectivity index (χ0v) is 12.1. The molecule has 1 aliphatic heterocycles. The van der Waals surface area contributed by atoms with Crippen LogP contribution < -0.4 is 11.1 Å². The SMILES string of the molecule is NC(CCN1CCCNCC1)C(CO)Cc1ncc[nH]1. The number of H-pyrrole nitrogens is 1. The summed E-state index contributed by atoms with van der Waals surface area (Å²) in [5, 5.41) is 12.9. The molecule has 0 aliphatic carbocycles. The third-order valence-electron chi connectivity index (χ3n) is 4.06. The number of aromatic nitrogens is 2. The first kappa shape index (κ1) is 15.4. The van der Waals surface area contributed by atoms with Gasteiger partial charge in [0, 0.05) is 50.5 Å². The first-order valence-corrected chi connectivity index (χ1v) is 7.57. The topological polar surface area (TPSA) is 90.2 Å². The molecule has 6 nitrogen and oxygen atoms in total. The smallest absolute Gasteiger partial charge is 0.106 e. The first-order chi connectivity index (χ1) is 9.79. The molecular weight excluding hydrogens is 254 g/mol. The van der Waals surface area contributed by atoms with Gasteiger partial charge in [-0.05, 0) is 32.5 Å². The number of aliphatic hydroxyl groups excluding tert-OH is 1. The van der Waals surface area contributed by atoms with E-state index in [0.717, 1.165) is 45.0 Å². The van der Waals surface area contributed by atoms with Crippen LogP contribution in [0.1, 0.15) is 18.7 Å². The maximum atomic E-state index is 9.53. The maximum absolute atomic E-state index is 9.53. The third-order valence-corrected chi connectivity index (χ3v) is 4.06. The van der Waals surface area contributed by atoms with Crippen molar-refractivity contribution in [2.75, 3.05) is 39.3 Å². The van der Waals surface area contributed by atoms with Gasteiger partial charge in [-0.25, -0.2) is 4.98 Å². The normalized spacial score (nSPS) is 20.5. The summed E-state index contributed by atoms with van der Waals surface area (Å²) in [4.78, 5) is 9.74. The van der Waals surface area contributed by atoms with Crippen molar-refractivity contribution in [3.05, 3.63) is 18.2 Å². The Labute approximate surface area is 120 Å². The molecule has 0 saturated carbocycles. The Morgan fingerprint density at radius 2 is 2.30 bits per heavy atom. The van der Waals surface area contributed by atoms with Gasteiger partial charge in [-0.2, -0.15) is 0 Å². The van der Waals surface area contributed by atoms with Crippen LogP contribution in [0.4, 0.5) is 0 Å². The van der Waals surface area contributed by atoms with E-state index in [4.69, 9.17) is 5.73 Å². The Balaban J connectivity index is 1.75. The highest BCUT2D eigenvalue weighted by Crippen LogP contribution is 2.11. The molecule has 6 heteroatoms. The van der Waals surface area contributed by atoms with Gasteiger partial charge in [-0.3, -0.25) is 0 Å². The summed E-state index contributed by atoms with van der Waals surface area (Å²) >= 11 is 0. The zero-order valence-electron chi connectivity index (χ0n) is 12.1. The van der Waals surface area contributed by atoms with Gasteiger partial charge < -0.3 is 26.0 Å². The number of aromatic amines is 1. The molecule has 5 N–H and O–H groups in total. The minimum absolute atomic E-state index is 0.0151. The Bertz CT molecular complexity index is 348. The molecule has 1 fully saturated rings. The second-order valence-electron chi connectivity index (χ2n) is 5.58. The molecule has 0 aromatic carbocycles. The lowest BCUT2D eigenvalue weighted by atomic mass is 9.94. The van der Waals surface area contributed by atoms with E-state index in [2.05, 4.69) is 20.2 Å². The number of aliphatic hydroxyl groups is 1. The van der Waals surface area contributed by atoms with Crippen molar-refractivity contribution >= 4 is 0 Å². The van der Waals surface area contributed by atoms with E-state index < -0.39 is 0 Å². The van der Waals surface area contributed by atoms with Crippen LogP contribution >= 0.6 is 0 Å². The van der Waals surface area contributed by atoms with E-state index in [1.807, 2.05) is 0 Å². The van der Waals surface area contributed by atoms with E-state index >= 15 is 0 Å². The number of hydrogen-bond acceptors (Lipinski definition) is 5. The van der Waals surface area contributed by atoms with E-state index in [0.29, 0.717) is 6.42 Å². The van der Waals surface area contributed by atoms with Crippen LogP contribution in [-0.4, -0.2) is 65.3 Å². The van der Waals surface area contributed by atoms with E-state index in [1.165, 1.54) is 6.42 Å². The highest BCUT2D eigenvalue weighted by Gasteiger charge is 2.20. The summed E-state index contributed by atoms with van der Waals surface area (Å²) in [6, 6.07) is 0.0151. The Morgan fingerprint density at radius 3 is 3.05 bits per heavy atom. The molecule has 1 aliphatic rings. The van der Waals surface area contributed by atoms with Crippen LogP contribution in [0.2, 0.25) is 0 Å². The number of imidazole rings is 1. The fourth-order valence-corrected chi connectivity index (χ4v) is 2.70. The van der Waals surface area contributed by atoms with Crippen molar-refractivity contribution in [1.29, 1.82) is 0 Å². The van der Waals surface area contributed by atoms with E-state index in [-0.39, 0.29) is 18.6 Å². The summed E-state index contributed by atoms with van der Waals surface area (Å²) in [7, 11) is 0. The zero-order chi connectivity index (χ0) is 14.2. The Morgan fingerprint density at radius 1 is 1.40 bits per heavy atom. The fraction of sp³-hybridized carbons (Fsp3) is 0.786. The largest absolute Gasteiger partial charge is 0.396 e. The molecular formula is C14H27N5O. The van der Waals surface area contributed by atoms with Crippen LogP contribution in [0.3, 0.4) is 0 Å². The van der Waals surface area contributed by atoms with Crippen LogP contribution in [-0.2, 0) is 6.42 Å². The minimum Gasteiger partial charge on any atom is -0.396 e. The van der Waals surface area contributed by atoms with Gasteiger partial charge in [-0.15, -0.1) is 0 Å². The molecule has 2 rings (SSSR count). The molecule has 1 saturated heterocycles. The van der Waals surface area contributed by atoms with Gasteiger partial charge >= 0.3 is 0 Å². The highest BCUT2D eigenvalue weighted by atomic mass is 16.3. The molecule has 1 aromatic heterocycles. The number of nitrogens with zero attached hydrogens (tertiary/aromatic N) is 2. The molecule has 2 unspecified atom stereocenters. The first-order valence-electron chi connectivity index (χ1n) is 7.57. The summed E-state index contributed by atoms with van der Waals surface area (Å²) in [5.74, 6) is 0.977. The molecule has 1 aromatic rings. The van der Waals surface area contributed by atoms with Gasteiger partial charge in [0.2, 0.25) is 0 Å². The van der Waals surface area contributed by atoms with Crippen molar-refractivity contribution in [2.45, 2.75) is 25.3 Å². The molecule has 2 heterocycles. The third kappa shape index (κ3) is 4.86. The van der Waals surface area contributed by atoms with Crippen LogP contribution in [0, 0.1) is 5.92 Å². The summed E-state index contributed by atoms with van der Waals surface area (Å²) in [5.41, 5.74) is 6.26. The lowest BCUT2D eigenvalue weighted by Crippen LogP contribution is -2.39. The number of rotatable bonds is 7. The molecule has 0 bridgehead atoms. The molecule has 114 valence electrons. The Kier molecular flexibility index (Phi) is 6.46. The highest BCUT2D eigenvalue weighted by molar-refractivity contribution is 4.91. The standard InChI is InChI=1S/C14H27N5O/c15-13(2-8-19-7-1-3-16-6-9-19)12(11-20)10-14-17-4-5-18-14/h4-5,12-13,16,20H,1-3,6-11,15H2,(H,17,18). The maximum Gasteiger partial charge on any atom is 0.106 e. The molecule has 0 spiro atoms. The van der Waals surface area contributed by atoms with Crippen molar-refractivity contribution in [1.82, 2.24) is 20.2 Å². The second kappa shape index (κ2) is 8.36. The predicted octanol–water partition coefficient (Wildman–Crippen LogP) is -0.427. The summed E-state index contributed by atoms with van der Waals surface area (Å²) in [6.45, 7) is 5.53. The molecule has 0 radical (unpaired) electrons. The average molecular weight is 281 g/mol. The fourth-order valence-electron chi connectivity index (χ4n) is 2.70. The monoisotopic (exact) mass is 281 g/mol. The van der Waals surface area contributed by atoms with Crippen molar-refractivity contribution in [3.63, 3.8) is 0 Å². The number of hydrogen-bond donors (Lipinski definition) is 4. The van der Waals surface area contributed by atoms with Gasteiger partial charge in [0.25, 0.3) is 0 Å². The minimum atomic E-state index is 0.0151. The molecule has 2 atom stereocenters. The van der Waals surface area contributed by atoms with Crippen molar-refractivity contribution < 1.29 is 5.11 Å². The van der Waals surface area contributed by atoms with Crippen LogP contribution in [0.15, 0.2) is 12.4 Å². The second-order valence-corrected chi connectivity index (χ2v) is 5.58. The number of nitrogens with one attached hydrogen (secondary N) is 2. The average Bonchev–Trinajstić information content (AvgIpc) is 2.84. The molecule has 0 amide bonds. The van der Waals surface area contributed by atoms with E-state index in [1.54, 1.807) is 12.4 Å². The van der Waals surface area contributed by atoms with Gasteiger partial charge in [0.05, 0.1) is 0 Å². The van der Waals surface area contributed by atoms with Gasteiger partial charge in [-0.1, -0.05) is 0 Å². The van der Waals surface area contributed by atoms with Crippen LogP contribution in [0.25, 0.3) is 0 Å². The number of nitrogens with two attached hydrogens (primary N) is 1. The van der Waals surface area contributed by atoms with Gasteiger partial charge in [0.1, 0.15) is 5.82 Å². The summed E-state index contributed by atoms with van der Waals surface area (Å²) in [6.07, 6.45) is 6.38. The van der Waals surface area contributed by atoms with Gasteiger partial charge in [0.15, 0.2) is 0 Å². The summed E-state index contributed by atoms with van der Waals surface area (Å²) < 4.78 is 0. The molecule has 20 heavy (non-hydrogen) atoms. The lowest BCUT2D eigenvalue weighted by Gasteiger charge is -2.25. The predicted molar refractivity (Wildman–Crippen MR) is 79.4 cm³/mol.